The van der Waals surface area contributed by atoms with Crippen molar-refractivity contribution in [1.29, 1.82) is 0 Å². The number of methoxy groups -OCH3 is 1. The predicted octanol–water partition coefficient (Wildman–Crippen LogP) is 4.99. The second-order valence-corrected chi connectivity index (χ2v) is 10.8. The van der Waals surface area contributed by atoms with Crippen LogP contribution in [0.2, 0.25) is 0 Å². The molecule has 0 aliphatic rings. The number of aromatic nitrogens is 5. The number of nitrogens with one attached hydrogen (secondary N) is 1. The molecule has 0 saturated heterocycles. The molecule has 8 heteroatoms. The number of aryl methyl sites for hydroxylation is 1. The summed E-state index contributed by atoms with van der Waals surface area (Å²) in [6.07, 6.45) is 0. The van der Waals surface area contributed by atoms with Gasteiger partial charge in [-0.2, -0.15) is 0 Å². The number of pyridine rings is 1. The Morgan fingerprint density at radius 1 is 1.06 bits per heavy atom. The third kappa shape index (κ3) is 5.49. The molecule has 2 aromatic carbocycles. The zero-order chi connectivity index (χ0) is 26.0. The van der Waals surface area contributed by atoms with Gasteiger partial charge >= 0.3 is 0 Å². The van der Waals surface area contributed by atoms with Gasteiger partial charge in [0, 0.05) is 24.2 Å². The van der Waals surface area contributed by atoms with E-state index in [1.165, 1.54) is 0 Å². The summed E-state index contributed by atoms with van der Waals surface area (Å²) in [4.78, 5) is 18.6. The standard InChI is InChI=1S/C28H36N6O2/c1-18(2)25(26-30-31-32-34(26)28(4,5)6)33(16-20-9-12-23(36-7)13-10-20)17-22-15-21-11-8-19(3)14-24(21)29-27(22)35/h8-15,18,25H,16-17H2,1-7H3,(H,29,35)/t25-/m1/s1. The molecule has 1 atom stereocenters. The van der Waals surface area contributed by atoms with Crippen LogP contribution in [0.15, 0.2) is 53.3 Å². The van der Waals surface area contributed by atoms with Crippen molar-refractivity contribution in [3.8, 4) is 5.75 Å². The van der Waals surface area contributed by atoms with Crippen molar-refractivity contribution in [1.82, 2.24) is 30.1 Å². The molecule has 190 valence electrons. The van der Waals surface area contributed by atoms with Crippen molar-refractivity contribution < 1.29 is 4.74 Å². The van der Waals surface area contributed by atoms with E-state index in [9.17, 15) is 4.79 Å². The van der Waals surface area contributed by atoms with E-state index in [-0.39, 0.29) is 23.1 Å². The van der Waals surface area contributed by atoms with Crippen LogP contribution in [0, 0.1) is 12.8 Å². The Labute approximate surface area is 212 Å². The zero-order valence-electron chi connectivity index (χ0n) is 22.2. The van der Waals surface area contributed by atoms with Crippen molar-refractivity contribution in [2.75, 3.05) is 7.11 Å². The van der Waals surface area contributed by atoms with Gasteiger partial charge < -0.3 is 9.72 Å². The number of rotatable bonds is 8. The molecule has 8 nitrogen and oxygen atoms in total. The quantitative estimate of drug-likeness (QED) is 0.376. The summed E-state index contributed by atoms with van der Waals surface area (Å²) in [7, 11) is 1.66. The number of aromatic amines is 1. The zero-order valence-corrected chi connectivity index (χ0v) is 22.2. The molecule has 0 bridgehead atoms. The third-order valence-electron chi connectivity index (χ3n) is 6.41. The van der Waals surface area contributed by atoms with Crippen LogP contribution in [-0.2, 0) is 18.6 Å². The molecule has 1 N–H and O–H groups in total. The number of fused-ring (bicyclic) bond motifs is 1. The fourth-order valence-electron chi connectivity index (χ4n) is 4.65. The van der Waals surface area contributed by atoms with E-state index < -0.39 is 0 Å². The maximum atomic E-state index is 13.2. The average molecular weight is 489 g/mol. The van der Waals surface area contributed by atoms with Crippen molar-refractivity contribution in [3.05, 3.63) is 81.4 Å². The SMILES string of the molecule is COc1ccc(CN(Cc2cc3ccc(C)cc3[nH]c2=O)[C@@H](c2nnnn2C(C)(C)C)C(C)C)cc1. The number of hydrogen-bond donors (Lipinski definition) is 1. The van der Waals surface area contributed by atoms with Crippen molar-refractivity contribution in [2.45, 2.75) is 66.2 Å². The lowest BCUT2D eigenvalue weighted by Crippen LogP contribution is -2.37. The minimum atomic E-state index is -0.282. The number of nitrogens with zero attached hydrogens (tertiary/aromatic N) is 5. The molecular formula is C28H36N6O2. The Hall–Kier alpha value is -3.52. The molecule has 0 saturated carbocycles. The number of H-pyrrole nitrogens is 1. The maximum Gasteiger partial charge on any atom is 0.252 e. The van der Waals surface area contributed by atoms with E-state index >= 15 is 0 Å². The minimum absolute atomic E-state index is 0.0780. The molecule has 36 heavy (non-hydrogen) atoms. The fourth-order valence-corrected chi connectivity index (χ4v) is 4.65. The van der Waals surface area contributed by atoms with Crippen LogP contribution in [0.4, 0.5) is 0 Å². The van der Waals surface area contributed by atoms with Crippen molar-refractivity contribution in [3.63, 3.8) is 0 Å². The highest BCUT2D eigenvalue weighted by molar-refractivity contribution is 5.79. The van der Waals surface area contributed by atoms with Crippen LogP contribution in [0.25, 0.3) is 10.9 Å². The number of benzene rings is 2. The molecule has 0 radical (unpaired) electrons. The van der Waals surface area contributed by atoms with E-state index in [4.69, 9.17) is 4.74 Å². The van der Waals surface area contributed by atoms with Gasteiger partial charge in [-0.25, -0.2) is 4.68 Å². The highest BCUT2D eigenvalue weighted by atomic mass is 16.5. The van der Waals surface area contributed by atoms with Crippen molar-refractivity contribution in [2.24, 2.45) is 5.92 Å². The molecule has 0 fully saturated rings. The summed E-state index contributed by atoms with van der Waals surface area (Å²) >= 11 is 0. The Bertz CT molecular complexity index is 1380. The van der Waals surface area contributed by atoms with Crippen LogP contribution >= 0.6 is 0 Å². The van der Waals surface area contributed by atoms with Gasteiger partial charge in [0.1, 0.15) is 5.75 Å². The first-order valence-electron chi connectivity index (χ1n) is 12.3. The predicted molar refractivity (Wildman–Crippen MR) is 142 cm³/mol. The van der Waals surface area contributed by atoms with Gasteiger partial charge in [-0.15, -0.1) is 5.10 Å². The molecule has 0 unspecified atom stereocenters. The van der Waals surface area contributed by atoms with E-state index in [1.807, 2.05) is 35.9 Å². The molecule has 4 rings (SSSR count). The summed E-state index contributed by atoms with van der Waals surface area (Å²) in [6, 6.07) is 16.0. The summed E-state index contributed by atoms with van der Waals surface area (Å²) < 4.78 is 7.24. The van der Waals surface area contributed by atoms with Gasteiger partial charge in [0.05, 0.1) is 18.7 Å². The van der Waals surface area contributed by atoms with Crippen LogP contribution in [0.3, 0.4) is 0 Å². The van der Waals surface area contributed by atoms with Crippen LogP contribution < -0.4 is 10.3 Å². The Morgan fingerprint density at radius 3 is 2.42 bits per heavy atom. The second-order valence-electron chi connectivity index (χ2n) is 10.8. The Kier molecular flexibility index (Phi) is 7.26. The van der Waals surface area contributed by atoms with E-state index in [2.05, 4.69) is 84.3 Å². The summed E-state index contributed by atoms with van der Waals surface area (Å²) in [5, 5.41) is 13.8. The third-order valence-corrected chi connectivity index (χ3v) is 6.41. The molecule has 2 heterocycles. The topological polar surface area (TPSA) is 88.9 Å². The second kappa shape index (κ2) is 10.2. The highest BCUT2D eigenvalue weighted by Gasteiger charge is 2.33. The molecule has 0 amide bonds. The summed E-state index contributed by atoms with van der Waals surface area (Å²) in [6.45, 7) is 13.7. The van der Waals surface area contributed by atoms with E-state index in [0.29, 0.717) is 18.7 Å². The fraction of sp³-hybridized carbons (Fsp3) is 0.429. The molecule has 2 aromatic heterocycles. The van der Waals surface area contributed by atoms with Gasteiger partial charge in [-0.3, -0.25) is 9.69 Å². The number of tetrazole rings is 1. The van der Waals surface area contributed by atoms with E-state index in [0.717, 1.165) is 33.6 Å². The largest absolute Gasteiger partial charge is 0.497 e. The number of ether oxygens (including phenoxy) is 1. The monoisotopic (exact) mass is 488 g/mol. The van der Waals surface area contributed by atoms with Crippen molar-refractivity contribution >= 4 is 10.9 Å². The first-order valence-corrected chi connectivity index (χ1v) is 12.3. The lowest BCUT2D eigenvalue weighted by atomic mass is 9.98. The molecule has 0 aliphatic carbocycles. The average Bonchev–Trinajstić information content (AvgIpc) is 3.30. The first-order chi connectivity index (χ1) is 17.1. The van der Waals surface area contributed by atoms with Gasteiger partial charge in [0.15, 0.2) is 5.82 Å². The summed E-state index contributed by atoms with van der Waals surface area (Å²) in [5.74, 6) is 1.79. The molecule has 0 spiro atoms. The van der Waals surface area contributed by atoms with Crippen LogP contribution in [0.5, 0.6) is 5.75 Å². The lowest BCUT2D eigenvalue weighted by Gasteiger charge is -2.35. The normalized spacial score (nSPS) is 13.0. The summed E-state index contributed by atoms with van der Waals surface area (Å²) in [5.41, 5.74) is 3.43. The Morgan fingerprint density at radius 2 is 1.78 bits per heavy atom. The van der Waals surface area contributed by atoms with Crippen LogP contribution in [0.1, 0.15) is 63.2 Å². The first kappa shape index (κ1) is 25.6. The van der Waals surface area contributed by atoms with Gasteiger partial charge in [0.25, 0.3) is 5.56 Å². The van der Waals surface area contributed by atoms with Gasteiger partial charge in [-0.1, -0.05) is 38.1 Å². The number of hydrogen-bond acceptors (Lipinski definition) is 6. The van der Waals surface area contributed by atoms with Crippen LogP contribution in [-0.4, -0.2) is 37.2 Å². The lowest BCUT2D eigenvalue weighted by molar-refractivity contribution is 0.119. The van der Waals surface area contributed by atoms with Gasteiger partial charge in [-0.05, 0) is 84.8 Å². The molecule has 4 aromatic rings. The molecule has 0 aliphatic heterocycles. The van der Waals surface area contributed by atoms with Gasteiger partial charge in [0.2, 0.25) is 0 Å². The minimum Gasteiger partial charge on any atom is -0.497 e. The maximum absolute atomic E-state index is 13.2. The smallest absolute Gasteiger partial charge is 0.252 e. The van der Waals surface area contributed by atoms with E-state index in [1.54, 1.807) is 7.11 Å². The highest BCUT2D eigenvalue weighted by Crippen LogP contribution is 2.32. The Balaban J connectivity index is 1.79. The molecular weight excluding hydrogens is 452 g/mol.